The Balaban J connectivity index is 2.88. The Kier molecular flexibility index (Phi) is 5.01. The molecule has 0 aliphatic carbocycles. The third kappa shape index (κ3) is 3.77. The van der Waals surface area contributed by atoms with Crippen molar-refractivity contribution in [2.75, 3.05) is 19.4 Å². The summed E-state index contributed by atoms with van der Waals surface area (Å²) in [5.41, 5.74) is 1.66. The van der Waals surface area contributed by atoms with Gasteiger partial charge in [0.1, 0.15) is 0 Å². The van der Waals surface area contributed by atoms with Crippen LogP contribution in [0.1, 0.15) is 37.0 Å². The van der Waals surface area contributed by atoms with E-state index in [-0.39, 0.29) is 5.91 Å². The van der Waals surface area contributed by atoms with Crippen molar-refractivity contribution in [2.24, 2.45) is 0 Å². The Morgan fingerprint density at radius 3 is 2.59 bits per heavy atom. The molecular weight excluding hydrogens is 212 g/mol. The molecule has 3 heteroatoms. The number of amides is 1. The highest BCUT2D eigenvalue weighted by Crippen LogP contribution is 2.18. The van der Waals surface area contributed by atoms with Gasteiger partial charge in [0.05, 0.1) is 5.56 Å². The Bertz CT molecular complexity index is 374. The molecule has 0 fully saturated rings. The van der Waals surface area contributed by atoms with Crippen LogP contribution in [0.3, 0.4) is 0 Å². The van der Waals surface area contributed by atoms with Gasteiger partial charge in [0.25, 0.3) is 5.91 Å². The molecule has 1 rings (SSSR count). The van der Waals surface area contributed by atoms with Gasteiger partial charge >= 0.3 is 0 Å². The molecule has 0 radical (unpaired) electrons. The van der Waals surface area contributed by atoms with E-state index in [4.69, 9.17) is 0 Å². The molecule has 0 heterocycles. The fraction of sp³-hybridized carbons (Fsp3) is 0.500. The van der Waals surface area contributed by atoms with Gasteiger partial charge < -0.3 is 10.2 Å². The zero-order valence-corrected chi connectivity index (χ0v) is 11.2. The van der Waals surface area contributed by atoms with Crippen LogP contribution < -0.4 is 5.32 Å². The van der Waals surface area contributed by atoms with Crippen molar-refractivity contribution in [1.82, 2.24) is 4.90 Å². The molecule has 0 saturated heterocycles. The normalized spacial score (nSPS) is 12.0. The number of carbonyl (C=O) groups is 1. The maximum Gasteiger partial charge on any atom is 0.255 e. The number of para-hydroxylation sites is 1. The van der Waals surface area contributed by atoms with Gasteiger partial charge in [0, 0.05) is 25.8 Å². The molecule has 1 amide bonds. The van der Waals surface area contributed by atoms with Crippen molar-refractivity contribution >= 4 is 11.6 Å². The summed E-state index contributed by atoms with van der Waals surface area (Å²) in [6, 6.07) is 8.06. The minimum atomic E-state index is 0.0387. The van der Waals surface area contributed by atoms with Gasteiger partial charge in [0.15, 0.2) is 0 Å². The largest absolute Gasteiger partial charge is 0.382 e. The van der Waals surface area contributed by atoms with E-state index in [0.29, 0.717) is 6.04 Å². The van der Waals surface area contributed by atoms with Gasteiger partial charge in [0.2, 0.25) is 0 Å². The lowest BCUT2D eigenvalue weighted by Gasteiger charge is -2.19. The van der Waals surface area contributed by atoms with Crippen molar-refractivity contribution in [2.45, 2.75) is 32.7 Å². The Labute approximate surface area is 104 Å². The quantitative estimate of drug-likeness (QED) is 0.849. The Hall–Kier alpha value is -1.51. The first-order valence-corrected chi connectivity index (χ1v) is 6.13. The molecule has 17 heavy (non-hydrogen) atoms. The zero-order valence-electron chi connectivity index (χ0n) is 11.2. The van der Waals surface area contributed by atoms with Crippen LogP contribution in [0.5, 0.6) is 0 Å². The number of rotatable bonds is 5. The van der Waals surface area contributed by atoms with Gasteiger partial charge in [-0.2, -0.15) is 0 Å². The first-order valence-electron chi connectivity index (χ1n) is 6.13. The van der Waals surface area contributed by atoms with E-state index in [2.05, 4.69) is 19.2 Å². The summed E-state index contributed by atoms with van der Waals surface area (Å²) >= 11 is 0. The van der Waals surface area contributed by atoms with Crippen molar-refractivity contribution in [3.63, 3.8) is 0 Å². The van der Waals surface area contributed by atoms with Crippen LogP contribution in [0.4, 0.5) is 5.69 Å². The molecule has 0 aliphatic rings. The van der Waals surface area contributed by atoms with Crippen molar-refractivity contribution < 1.29 is 4.79 Å². The fourth-order valence-corrected chi connectivity index (χ4v) is 1.81. The highest BCUT2D eigenvalue weighted by Gasteiger charge is 2.13. The van der Waals surface area contributed by atoms with Crippen LogP contribution in [0.2, 0.25) is 0 Å². The van der Waals surface area contributed by atoms with Gasteiger partial charge in [-0.25, -0.2) is 0 Å². The van der Waals surface area contributed by atoms with Crippen LogP contribution in [0.15, 0.2) is 24.3 Å². The Morgan fingerprint density at radius 2 is 2.00 bits per heavy atom. The van der Waals surface area contributed by atoms with Crippen molar-refractivity contribution in [3.05, 3.63) is 29.8 Å². The number of anilines is 1. The zero-order chi connectivity index (χ0) is 12.8. The molecule has 0 spiro atoms. The molecule has 0 bridgehead atoms. The predicted molar refractivity (Wildman–Crippen MR) is 72.5 cm³/mol. The van der Waals surface area contributed by atoms with Gasteiger partial charge in [-0.1, -0.05) is 25.5 Å². The monoisotopic (exact) mass is 234 g/mol. The standard InChI is InChI=1S/C14H22N2O/c1-5-8-11(2)15-13-10-7-6-9-12(13)14(17)16(3)4/h6-7,9-11,15H,5,8H2,1-4H3. The molecular formula is C14H22N2O. The van der Waals surface area contributed by atoms with E-state index >= 15 is 0 Å². The van der Waals surface area contributed by atoms with Gasteiger partial charge in [-0.05, 0) is 25.5 Å². The second-order valence-electron chi connectivity index (χ2n) is 4.58. The predicted octanol–water partition coefficient (Wildman–Crippen LogP) is 2.99. The third-order valence-electron chi connectivity index (χ3n) is 2.69. The number of hydrogen-bond donors (Lipinski definition) is 1. The number of hydrogen-bond acceptors (Lipinski definition) is 2. The number of nitrogens with zero attached hydrogens (tertiary/aromatic N) is 1. The molecule has 1 aromatic rings. The molecule has 1 atom stereocenters. The fourth-order valence-electron chi connectivity index (χ4n) is 1.81. The van der Waals surface area contributed by atoms with Crippen LogP contribution in [-0.4, -0.2) is 30.9 Å². The Morgan fingerprint density at radius 1 is 1.35 bits per heavy atom. The average Bonchev–Trinajstić information content (AvgIpc) is 2.29. The van der Waals surface area contributed by atoms with E-state index in [9.17, 15) is 4.79 Å². The summed E-state index contributed by atoms with van der Waals surface area (Å²) < 4.78 is 0. The third-order valence-corrected chi connectivity index (χ3v) is 2.69. The summed E-state index contributed by atoms with van der Waals surface area (Å²) in [7, 11) is 3.54. The highest BCUT2D eigenvalue weighted by molar-refractivity contribution is 5.99. The van der Waals surface area contributed by atoms with Crippen LogP contribution >= 0.6 is 0 Å². The first kappa shape index (κ1) is 13.6. The van der Waals surface area contributed by atoms with E-state index < -0.39 is 0 Å². The van der Waals surface area contributed by atoms with Crippen LogP contribution in [0.25, 0.3) is 0 Å². The summed E-state index contributed by atoms with van der Waals surface area (Å²) in [4.78, 5) is 13.6. The lowest BCUT2D eigenvalue weighted by molar-refractivity contribution is 0.0828. The van der Waals surface area contributed by atoms with Gasteiger partial charge in [-0.15, -0.1) is 0 Å². The second kappa shape index (κ2) is 6.28. The van der Waals surface area contributed by atoms with Crippen LogP contribution in [0, 0.1) is 0 Å². The van der Waals surface area contributed by atoms with Gasteiger partial charge in [-0.3, -0.25) is 4.79 Å². The van der Waals surface area contributed by atoms with E-state index in [1.165, 1.54) is 0 Å². The molecule has 1 N–H and O–H groups in total. The van der Waals surface area contributed by atoms with E-state index in [1.807, 2.05) is 24.3 Å². The molecule has 0 aliphatic heterocycles. The smallest absolute Gasteiger partial charge is 0.255 e. The highest BCUT2D eigenvalue weighted by atomic mass is 16.2. The lowest BCUT2D eigenvalue weighted by Crippen LogP contribution is -2.24. The SMILES string of the molecule is CCCC(C)Nc1ccccc1C(=O)N(C)C. The minimum absolute atomic E-state index is 0.0387. The van der Waals surface area contributed by atoms with Crippen molar-refractivity contribution in [3.8, 4) is 0 Å². The number of benzene rings is 1. The number of nitrogens with one attached hydrogen (secondary N) is 1. The molecule has 94 valence electrons. The second-order valence-corrected chi connectivity index (χ2v) is 4.58. The van der Waals surface area contributed by atoms with E-state index in [1.54, 1.807) is 19.0 Å². The molecule has 0 aromatic heterocycles. The topological polar surface area (TPSA) is 32.3 Å². The first-order chi connectivity index (χ1) is 8.06. The maximum absolute atomic E-state index is 12.0. The minimum Gasteiger partial charge on any atom is -0.382 e. The summed E-state index contributed by atoms with van der Waals surface area (Å²) in [6.45, 7) is 4.30. The maximum atomic E-state index is 12.0. The van der Waals surface area contributed by atoms with Crippen LogP contribution in [-0.2, 0) is 0 Å². The van der Waals surface area contributed by atoms with Crippen molar-refractivity contribution in [1.29, 1.82) is 0 Å². The molecule has 0 saturated carbocycles. The van der Waals surface area contributed by atoms with E-state index in [0.717, 1.165) is 24.1 Å². The molecule has 1 aromatic carbocycles. The summed E-state index contributed by atoms with van der Waals surface area (Å²) in [5.74, 6) is 0.0387. The summed E-state index contributed by atoms with van der Waals surface area (Å²) in [6.07, 6.45) is 2.24. The average molecular weight is 234 g/mol. The molecule has 3 nitrogen and oxygen atoms in total. The molecule has 1 unspecified atom stereocenters. The number of carbonyl (C=O) groups excluding carboxylic acids is 1. The summed E-state index contributed by atoms with van der Waals surface area (Å²) in [5, 5.41) is 3.40. The lowest BCUT2D eigenvalue weighted by atomic mass is 10.1.